The van der Waals surface area contributed by atoms with Gasteiger partial charge in [-0.2, -0.15) is 13.2 Å². The summed E-state index contributed by atoms with van der Waals surface area (Å²) in [5.41, 5.74) is 1.25. The smallest absolute Gasteiger partial charge is 0.393 e. The summed E-state index contributed by atoms with van der Waals surface area (Å²) in [7, 11) is 0. The monoisotopic (exact) mass is 373 g/mol. The molecule has 0 radical (unpaired) electrons. The van der Waals surface area contributed by atoms with Gasteiger partial charge >= 0.3 is 12.1 Å². The molecule has 0 aromatic heterocycles. The van der Waals surface area contributed by atoms with Gasteiger partial charge in [-0.15, -0.1) is 0 Å². The number of nitrogens with zero attached hydrogens (tertiary/aromatic N) is 1. The number of hydrogen-bond donors (Lipinski definition) is 1. The van der Waals surface area contributed by atoms with E-state index in [4.69, 9.17) is 9.84 Å². The van der Waals surface area contributed by atoms with Crippen LogP contribution in [0.5, 0.6) is 5.75 Å². The number of alkyl halides is 3. The second kappa shape index (κ2) is 7.86. The zero-order valence-corrected chi connectivity index (χ0v) is 15.3. The fraction of sp³-hybridized carbons (Fsp3) is 0.632. The minimum Gasteiger partial charge on any atom is -0.494 e. The van der Waals surface area contributed by atoms with Crippen molar-refractivity contribution < 1.29 is 27.8 Å². The van der Waals surface area contributed by atoms with Crippen LogP contribution in [0.2, 0.25) is 0 Å². The van der Waals surface area contributed by atoms with E-state index < -0.39 is 24.0 Å². The van der Waals surface area contributed by atoms with Gasteiger partial charge in [0.05, 0.1) is 18.4 Å². The summed E-state index contributed by atoms with van der Waals surface area (Å²) in [6.45, 7) is 6.79. The van der Waals surface area contributed by atoms with Gasteiger partial charge in [0.25, 0.3) is 0 Å². The molecule has 1 heterocycles. The van der Waals surface area contributed by atoms with Crippen molar-refractivity contribution in [2.24, 2.45) is 11.8 Å². The molecule has 0 unspecified atom stereocenters. The molecule has 1 aliphatic rings. The Balaban J connectivity index is 1.79. The van der Waals surface area contributed by atoms with Crippen molar-refractivity contribution in [2.75, 3.05) is 26.2 Å². The Bertz CT molecular complexity index is 608. The highest BCUT2D eigenvalue weighted by Gasteiger charge is 2.52. The quantitative estimate of drug-likeness (QED) is 0.767. The Hall–Kier alpha value is -1.76. The van der Waals surface area contributed by atoms with E-state index in [1.54, 1.807) is 4.90 Å². The molecular weight excluding hydrogens is 347 g/mol. The molecule has 2 atom stereocenters. The van der Waals surface area contributed by atoms with Gasteiger partial charge in [0.15, 0.2) is 0 Å². The summed E-state index contributed by atoms with van der Waals surface area (Å²) in [6.07, 6.45) is -3.94. The third-order valence-electron chi connectivity index (χ3n) is 4.74. The molecular formula is C19H26F3NO3. The van der Waals surface area contributed by atoms with Crippen LogP contribution in [0, 0.1) is 11.8 Å². The van der Waals surface area contributed by atoms with Crippen LogP contribution in [-0.4, -0.2) is 48.4 Å². The minimum atomic E-state index is -4.48. The summed E-state index contributed by atoms with van der Waals surface area (Å²) in [5, 5.41) is 9.01. The van der Waals surface area contributed by atoms with Crippen molar-refractivity contribution in [1.29, 1.82) is 0 Å². The number of hydrogen-bond acceptors (Lipinski definition) is 3. The summed E-state index contributed by atoms with van der Waals surface area (Å²) >= 11 is 0. The maximum atomic E-state index is 13.0. The zero-order valence-electron chi connectivity index (χ0n) is 15.3. The minimum absolute atomic E-state index is 0.0595. The van der Waals surface area contributed by atoms with Crippen molar-refractivity contribution >= 4 is 5.97 Å². The lowest BCUT2D eigenvalue weighted by Gasteiger charge is -2.19. The molecule has 0 spiro atoms. The average Bonchev–Trinajstić information content (AvgIpc) is 2.96. The van der Waals surface area contributed by atoms with E-state index in [0.29, 0.717) is 19.6 Å². The molecule has 0 aliphatic carbocycles. The molecule has 4 nitrogen and oxygen atoms in total. The molecule has 2 rings (SSSR count). The average molecular weight is 373 g/mol. The van der Waals surface area contributed by atoms with Crippen LogP contribution < -0.4 is 4.74 Å². The second-order valence-electron chi connectivity index (χ2n) is 7.83. The molecule has 26 heavy (non-hydrogen) atoms. The lowest BCUT2D eigenvalue weighted by molar-refractivity contribution is -0.188. The predicted octanol–water partition coefficient (Wildman–Crippen LogP) is 3.95. The third kappa shape index (κ3) is 5.37. The van der Waals surface area contributed by atoms with Crippen LogP contribution in [0.4, 0.5) is 13.2 Å². The van der Waals surface area contributed by atoms with Gasteiger partial charge in [-0.25, -0.2) is 0 Å². The van der Waals surface area contributed by atoms with Crippen molar-refractivity contribution in [1.82, 2.24) is 4.90 Å². The van der Waals surface area contributed by atoms with Crippen LogP contribution in [-0.2, 0) is 10.2 Å². The summed E-state index contributed by atoms with van der Waals surface area (Å²) in [6, 6.07) is 7.77. The number of benzene rings is 1. The van der Waals surface area contributed by atoms with E-state index in [1.807, 2.05) is 24.3 Å². The van der Waals surface area contributed by atoms with Crippen LogP contribution in [0.15, 0.2) is 24.3 Å². The molecule has 146 valence electrons. The van der Waals surface area contributed by atoms with Gasteiger partial charge in [-0.1, -0.05) is 32.9 Å². The first-order valence-electron chi connectivity index (χ1n) is 8.73. The fourth-order valence-electron chi connectivity index (χ4n) is 3.18. The molecule has 1 saturated heterocycles. The van der Waals surface area contributed by atoms with Gasteiger partial charge in [-0.3, -0.25) is 4.79 Å². The van der Waals surface area contributed by atoms with Gasteiger partial charge < -0.3 is 14.7 Å². The summed E-state index contributed by atoms with van der Waals surface area (Å²) in [5.74, 6) is -3.85. The molecule has 1 aromatic rings. The Morgan fingerprint density at radius 3 is 2.27 bits per heavy atom. The van der Waals surface area contributed by atoms with Crippen LogP contribution >= 0.6 is 0 Å². The van der Waals surface area contributed by atoms with E-state index in [0.717, 1.165) is 5.75 Å². The number of rotatable bonds is 6. The molecule has 0 saturated carbocycles. The largest absolute Gasteiger partial charge is 0.494 e. The third-order valence-corrected chi connectivity index (χ3v) is 4.74. The van der Waals surface area contributed by atoms with E-state index in [-0.39, 0.29) is 18.5 Å². The predicted molar refractivity (Wildman–Crippen MR) is 92.4 cm³/mol. The molecule has 0 amide bonds. The van der Waals surface area contributed by atoms with Gasteiger partial charge in [-0.05, 0) is 29.5 Å². The standard InChI is InChI=1S/C19H26F3NO3/c1-18(2,3)13-5-7-14(8-6-13)26-10-4-9-23-11-15(17(24)25)16(12-23)19(20,21)22/h5-8,15-16H,4,9-12H2,1-3H3,(H,24,25)/t15-,16-/m1/s1. The molecule has 1 N–H and O–H groups in total. The van der Waals surface area contributed by atoms with Crippen LogP contribution in [0.3, 0.4) is 0 Å². The first-order valence-corrected chi connectivity index (χ1v) is 8.73. The Kier molecular flexibility index (Phi) is 6.21. The molecule has 1 fully saturated rings. The van der Waals surface area contributed by atoms with E-state index in [1.165, 1.54) is 5.56 Å². The number of carboxylic acid groups (broad SMARTS) is 1. The number of likely N-dealkylation sites (tertiary alicyclic amines) is 1. The van der Waals surface area contributed by atoms with E-state index in [9.17, 15) is 18.0 Å². The normalized spacial score (nSPS) is 21.8. The first kappa shape index (κ1) is 20.6. The number of carbonyl (C=O) groups is 1. The van der Waals surface area contributed by atoms with Gasteiger partial charge in [0.1, 0.15) is 5.75 Å². The van der Waals surface area contributed by atoms with Gasteiger partial charge in [0, 0.05) is 19.6 Å². The van der Waals surface area contributed by atoms with Crippen molar-refractivity contribution in [2.45, 2.75) is 38.8 Å². The SMILES string of the molecule is CC(C)(C)c1ccc(OCCCN2C[C@@H](C(F)(F)F)[C@H](C(=O)O)C2)cc1. The molecule has 7 heteroatoms. The fourth-order valence-corrected chi connectivity index (χ4v) is 3.18. The maximum Gasteiger partial charge on any atom is 0.393 e. The first-order chi connectivity index (χ1) is 12.0. The lowest BCUT2D eigenvalue weighted by atomic mass is 9.87. The topological polar surface area (TPSA) is 49.8 Å². The zero-order chi connectivity index (χ0) is 19.5. The molecule has 1 aliphatic heterocycles. The highest BCUT2D eigenvalue weighted by atomic mass is 19.4. The number of aliphatic carboxylic acids is 1. The van der Waals surface area contributed by atoms with E-state index in [2.05, 4.69) is 20.8 Å². The summed E-state index contributed by atoms with van der Waals surface area (Å²) < 4.78 is 44.5. The number of ether oxygens (including phenoxy) is 1. The molecule has 0 bridgehead atoms. The lowest BCUT2D eigenvalue weighted by Crippen LogP contribution is -2.33. The second-order valence-corrected chi connectivity index (χ2v) is 7.83. The van der Waals surface area contributed by atoms with Crippen molar-refractivity contribution in [3.63, 3.8) is 0 Å². The number of halogens is 3. The van der Waals surface area contributed by atoms with Gasteiger partial charge in [0.2, 0.25) is 0 Å². The maximum absolute atomic E-state index is 13.0. The van der Waals surface area contributed by atoms with Crippen molar-refractivity contribution in [3.8, 4) is 5.75 Å². The van der Waals surface area contributed by atoms with Crippen molar-refractivity contribution in [3.05, 3.63) is 29.8 Å². The van der Waals surface area contributed by atoms with Crippen LogP contribution in [0.1, 0.15) is 32.8 Å². The van der Waals surface area contributed by atoms with Crippen LogP contribution in [0.25, 0.3) is 0 Å². The highest BCUT2D eigenvalue weighted by Crippen LogP contribution is 2.37. The van der Waals surface area contributed by atoms with E-state index >= 15 is 0 Å². The molecule has 1 aromatic carbocycles. The highest BCUT2D eigenvalue weighted by molar-refractivity contribution is 5.71. The Morgan fingerprint density at radius 1 is 1.19 bits per heavy atom. The summed E-state index contributed by atoms with van der Waals surface area (Å²) in [4.78, 5) is 12.6. The number of carboxylic acids is 1. The Labute approximate surface area is 151 Å². The Morgan fingerprint density at radius 2 is 1.81 bits per heavy atom.